The number of rotatable bonds is 4. The van der Waals surface area contributed by atoms with Gasteiger partial charge in [0.05, 0.1) is 0 Å². The molecule has 0 spiro atoms. The maximum Gasteiger partial charge on any atom is 0.251 e. The second-order valence-corrected chi connectivity index (χ2v) is 6.35. The number of carbonyl (C=O) groups is 1. The van der Waals surface area contributed by atoms with Crippen molar-refractivity contribution in [1.29, 1.82) is 0 Å². The molecule has 2 aromatic carbocycles. The summed E-state index contributed by atoms with van der Waals surface area (Å²) >= 11 is 11.9. The number of carbonyl (C=O) groups excluding carboxylic acids is 1. The van der Waals surface area contributed by atoms with Crippen LogP contribution in [0, 0.1) is 0 Å². The topological polar surface area (TPSA) is 29.1 Å². The predicted molar refractivity (Wildman–Crippen MR) is 86.1 cm³/mol. The lowest BCUT2D eigenvalue weighted by atomic mass is 9.96. The monoisotopic (exact) mass is 319 g/mol. The standard InChI is InChI=1S/C17H15Cl2NO/c18-14-6-4-12(5-7-14)16(21)20-11-17(8-9-17)13-2-1-3-15(19)10-13/h1-7,10H,8-9,11H2,(H,20,21). The third-order valence-corrected chi connectivity index (χ3v) is 4.47. The summed E-state index contributed by atoms with van der Waals surface area (Å²) in [5.74, 6) is -0.0695. The lowest BCUT2D eigenvalue weighted by molar-refractivity contribution is 0.0949. The Kier molecular flexibility index (Phi) is 3.92. The van der Waals surface area contributed by atoms with E-state index in [1.807, 2.05) is 18.2 Å². The van der Waals surface area contributed by atoms with Crippen LogP contribution in [0.4, 0.5) is 0 Å². The Labute approximate surface area is 134 Å². The third-order valence-electron chi connectivity index (χ3n) is 3.98. The Morgan fingerprint density at radius 1 is 1.05 bits per heavy atom. The summed E-state index contributed by atoms with van der Waals surface area (Å²) in [7, 11) is 0. The molecule has 1 saturated carbocycles. The van der Waals surface area contributed by atoms with Crippen LogP contribution in [0.5, 0.6) is 0 Å². The molecule has 0 aliphatic heterocycles. The van der Waals surface area contributed by atoms with Crippen molar-refractivity contribution in [3.05, 3.63) is 69.7 Å². The van der Waals surface area contributed by atoms with Crippen molar-refractivity contribution in [1.82, 2.24) is 5.32 Å². The van der Waals surface area contributed by atoms with Crippen LogP contribution in [0.3, 0.4) is 0 Å². The molecule has 2 nitrogen and oxygen atoms in total. The van der Waals surface area contributed by atoms with E-state index in [0.717, 1.165) is 17.9 Å². The quantitative estimate of drug-likeness (QED) is 0.886. The molecule has 0 saturated heterocycles. The second-order valence-electron chi connectivity index (χ2n) is 5.48. The molecule has 1 N–H and O–H groups in total. The van der Waals surface area contributed by atoms with Gasteiger partial charge in [0.1, 0.15) is 0 Å². The van der Waals surface area contributed by atoms with Crippen molar-refractivity contribution in [2.75, 3.05) is 6.54 Å². The van der Waals surface area contributed by atoms with Crippen LogP contribution in [0.1, 0.15) is 28.8 Å². The van der Waals surface area contributed by atoms with E-state index in [-0.39, 0.29) is 11.3 Å². The normalized spacial score (nSPS) is 15.5. The number of halogens is 2. The summed E-state index contributed by atoms with van der Waals surface area (Å²) < 4.78 is 0. The highest BCUT2D eigenvalue weighted by atomic mass is 35.5. The van der Waals surface area contributed by atoms with Crippen LogP contribution >= 0.6 is 23.2 Å². The molecule has 1 amide bonds. The molecule has 108 valence electrons. The van der Waals surface area contributed by atoms with Crippen molar-refractivity contribution < 1.29 is 4.79 Å². The molecule has 0 unspecified atom stereocenters. The Balaban J connectivity index is 1.67. The Morgan fingerprint density at radius 2 is 1.76 bits per heavy atom. The fraction of sp³-hybridized carbons (Fsp3) is 0.235. The van der Waals surface area contributed by atoms with Crippen LogP contribution in [-0.2, 0) is 5.41 Å². The van der Waals surface area contributed by atoms with Crippen LogP contribution in [0.25, 0.3) is 0 Å². The molecule has 1 aliphatic carbocycles. The molecule has 1 aliphatic rings. The van der Waals surface area contributed by atoms with Gasteiger partial charge in [-0.1, -0.05) is 35.3 Å². The summed E-state index contributed by atoms with van der Waals surface area (Å²) in [5, 5.41) is 4.38. The Hall–Kier alpha value is -1.51. The van der Waals surface area contributed by atoms with E-state index in [1.54, 1.807) is 24.3 Å². The van der Waals surface area contributed by atoms with E-state index < -0.39 is 0 Å². The van der Waals surface area contributed by atoms with Crippen molar-refractivity contribution in [3.63, 3.8) is 0 Å². The number of hydrogen-bond donors (Lipinski definition) is 1. The maximum atomic E-state index is 12.1. The first-order valence-corrected chi connectivity index (χ1v) is 7.64. The van der Waals surface area contributed by atoms with Gasteiger partial charge in [-0.15, -0.1) is 0 Å². The molecule has 0 heterocycles. The largest absolute Gasteiger partial charge is 0.351 e. The molecule has 0 radical (unpaired) electrons. The van der Waals surface area contributed by atoms with Crippen molar-refractivity contribution in [2.45, 2.75) is 18.3 Å². The smallest absolute Gasteiger partial charge is 0.251 e. The van der Waals surface area contributed by atoms with Crippen LogP contribution in [-0.4, -0.2) is 12.5 Å². The van der Waals surface area contributed by atoms with Gasteiger partial charge in [0.2, 0.25) is 0 Å². The summed E-state index contributed by atoms with van der Waals surface area (Å²) in [6.45, 7) is 0.634. The highest BCUT2D eigenvalue weighted by Crippen LogP contribution is 2.48. The third kappa shape index (κ3) is 3.22. The minimum Gasteiger partial charge on any atom is -0.351 e. The first-order chi connectivity index (χ1) is 10.1. The van der Waals surface area contributed by atoms with Gasteiger partial charge in [-0.25, -0.2) is 0 Å². The van der Waals surface area contributed by atoms with Crippen LogP contribution in [0.15, 0.2) is 48.5 Å². The van der Waals surface area contributed by atoms with E-state index in [2.05, 4.69) is 11.4 Å². The fourth-order valence-electron chi connectivity index (χ4n) is 2.49. The van der Waals surface area contributed by atoms with Crippen molar-refractivity contribution in [2.24, 2.45) is 0 Å². The zero-order valence-electron chi connectivity index (χ0n) is 11.4. The van der Waals surface area contributed by atoms with Crippen molar-refractivity contribution in [3.8, 4) is 0 Å². The summed E-state index contributed by atoms with van der Waals surface area (Å²) in [6, 6.07) is 14.8. The highest BCUT2D eigenvalue weighted by Gasteiger charge is 2.44. The molecule has 0 aromatic heterocycles. The van der Waals surface area contributed by atoms with E-state index in [4.69, 9.17) is 23.2 Å². The molecule has 2 aromatic rings. The average molecular weight is 320 g/mol. The number of benzene rings is 2. The molecule has 0 atom stereocenters. The van der Waals surface area contributed by atoms with E-state index >= 15 is 0 Å². The zero-order valence-corrected chi connectivity index (χ0v) is 12.9. The molecule has 4 heteroatoms. The zero-order chi connectivity index (χ0) is 14.9. The van der Waals surface area contributed by atoms with E-state index in [1.165, 1.54) is 5.56 Å². The minimum absolute atomic E-state index is 0.0486. The van der Waals surface area contributed by atoms with Gasteiger partial charge in [-0.05, 0) is 54.8 Å². The fourth-order valence-corrected chi connectivity index (χ4v) is 2.81. The highest BCUT2D eigenvalue weighted by molar-refractivity contribution is 6.31. The van der Waals surface area contributed by atoms with E-state index in [9.17, 15) is 4.79 Å². The summed E-state index contributed by atoms with van der Waals surface area (Å²) in [5.41, 5.74) is 1.88. The first-order valence-electron chi connectivity index (χ1n) is 6.89. The maximum absolute atomic E-state index is 12.1. The minimum atomic E-state index is -0.0695. The molecule has 21 heavy (non-hydrogen) atoms. The first kappa shape index (κ1) is 14.4. The lowest BCUT2D eigenvalue weighted by Crippen LogP contribution is -2.32. The van der Waals surface area contributed by atoms with Gasteiger partial charge >= 0.3 is 0 Å². The number of nitrogens with one attached hydrogen (secondary N) is 1. The van der Waals surface area contributed by atoms with Gasteiger partial charge in [0.15, 0.2) is 0 Å². The van der Waals surface area contributed by atoms with Crippen LogP contribution < -0.4 is 5.32 Å². The second kappa shape index (κ2) is 5.70. The lowest BCUT2D eigenvalue weighted by Gasteiger charge is -2.17. The molecule has 1 fully saturated rings. The van der Waals surface area contributed by atoms with E-state index in [0.29, 0.717) is 17.1 Å². The predicted octanol–water partition coefficient (Wildman–Crippen LogP) is 4.46. The van der Waals surface area contributed by atoms with Gasteiger partial charge in [0.25, 0.3) is 5.91 Å². The van der Waals surface area contributed by atoms with Crippen LogP contribution in [0.2, 0.25) is 10.0 Å². The molecule has 3 rings (SSSR count). The average Bonchev–Trinajstić information content (AvgIpc) is 3.27. The number of amides is 1. The van der Waals surface area contributed by atoms with Gasteiger partial charge in [0, 0.05) is 27.6 Å². The SMILES string of the molecule is O=C(NCC1(c2cccc(Cl)c2)CC1)c1ccc(Cl)cc1. The summed E-state index contributed by atoms with van der Waals surface area (Å²) in [4.78, 5) is 12.1. The Morgan fingerprint density at radius 3 is 2.38 bits per heavy atom. The molecule has 0 bridgehead atoms. The number of hydrogen-bond acceptors (Lipinski definition) is 1. The van der Waals surface area contributed by atoms with Gasteiger partial charge in [-0.2, -0.15) is 0 Å². The molecular weight excluding hydrogens is 305 g/mol. The molecular formula is C17H15Cl2NO. The van der Waals surface area contributed by atoms with Gasteiger partial charge < -0.3 is 5.32 Å². The van der Waals surface area contributed by atoms with Crippen molar-refractivity contribution >= 4 is 29.1 Å². The van der Waals surface area contributed by atoms with Gasteiger partial charge in [-0.3, -0.25) is 4.79 Å². The Bertz CT molecular complexity index is 663. The summed E-state index contributed by atoms with van der Waals surface area (Å²) in [6.07, 6.45) is 2.16.